The van der Waals surface area contributed by atoms with Gasteiger partial charge >= 0.3 is 0 Å². The maximum atomic E-state index is 14.8. The molecule has 0 spiro atoms. The monoisotopic (exact) mass is 481 g/mol. The van der Waals surface area contributed by atoms with Crippen molar-refractivity contribution in [3.63, 3.8) is 0 Å². The quantitative estimate of drug-likeness (QED) is 0.629. The van der Waals surface area contributed by atoms with Crippen LogP contribution in [0.5, 0.6) is 0 Å². The van der Waals surface area contributed by atoms with Gasteiger partial charge in [-0.15, -0.1) is 5.10 Å². The summed E-state index contributed by atoms with van der Waals surface area (Å²) in [6.07, 6.45) is 0.0347. The van der Waals surface area contributed by atoms with Gasteiger partial charge in [-0.25, -0.2) is 8.78 Å². The molecule has 35 heavy (non-hydrogen) atoms. The number of likely N-dealkylation sites (tertiary alicyclic amines) is 1. The highest BCUT2D eigenvalue weighted by Gasteiger charge is 2.43. The molecule has 2 heterocycles. The minimum atomic E-state index is -1.32. The Bertz CT molecular complexity index is 1130. The number of hydrogen-bond donors (Lipinski definition) is 1. The Kier molecular flexibility index (Phi) is 7.33. The van der Waals surface area contributed by atoms with E-state index in [1.165, 1.54) is 17.2 Å². The van der Waals surface area contributed by atoms with E-state index in [9.17, 15) is 18.4 Å². The standard InChI is InChI=1S/C26H29F2N5O2/c1-15(2)20-10-9-18(11-21(20)28)24(17-7-5-4-6-8-17)30-25(34)23-12-19(27)14-33(23)26(35)16(3)22-13-29-32-31-22/h4-11,13,15-16,19,22-24H,12,14H2,1-3H3,(H,30,34)/t16?,19-,22?,23+,24+/m1/s1. The minimum Gasteiger partial charge on any atom is -0.343 e. The molecule has 184 valence electrons. The smallest absolute Gasteiger partial charge is 0.243 e. The summed E-state index contributed by atoms with van der Waals surface area (Å²) in [6.45, 7) is 5.31. The Balaban J connectivity index is 1.59. The summed E-state index contributed by atoms with van der Waals surface area (Å²) in [5.41, 5.74) is 1.90. The molecule has 7 nitrogen and oxygen atoms in total. The first-order chi connectivity index (χ1) is 16.8. The Hall–Kier alpha value is -3.49. The Morgan fingerprint density at radius 3 is 2.46 bits per heavy atom. The van der Waals surface area contributed by atoms with Gasteiger partial charge in [-0.2, -0.15) is 5.11 Å². The highest BCUT2D eigenvalue weighted by Crippen LogP contribution is 2.29. The van der Waals surface area contributed by atoms with E-state index in [1.54, 1.807) is 19.1 Å². The van der Waals surface area contributed by atoms with Gasteiger partial charge < -0.3 is 10.2 Å². The molecule has 2 unspecified atom stereocenters. The molecule has 2 aliphatic heterocycles. The van der Waals surface area contributed by atoms with E-state index in [4.69, 9.17) is 0 Å². The fourth-order valence-corrected chi connectivity index (χ4v) is 4.57. The van der Waals surface area contributed by atoms with Gasteiger partial charge in [0.2, 0.25) is 11.8 Å². The first-order valence-electron chi connectivity index (χ1n) is 11.8. The lowest BCUT2D eigenvalue weighted by molar-refractivity contribution is -0.141. The second-order valence-corrected chi connectivity index (χ2v) is 9.38. The normalized spacial score (nSPS) is 23.0. The average molecular weight is 482 g/mol. The van der Waals surface area contributed by atoms with Crippen LogP contribution in [0.2, 0.25) is 0 Å². The summed E-state index contributed by atoms with van der Waals surface area (Å²) >= 11 is 0. The summed E-state index contributed by atoms with van der Waals surface area (Å²) < 4.78 is 29.3. The fourth-order valence-electron chi connectivity index (χ4n) is 4.57. The zero-order chi connectivity index (χ0) is 25.1. The summed E-state index contributed by atoms with van der Waals surface area (Å²) in [6, 6.07) is 11.9. The van der Waals surface area contributed by atoms with Crippen LogP contribution in [0.25, 0.3) is 0 Å². The summed E-state index contributed by atoms with van der Waals surface area (Å²) in [5, 5.41) is 14.1. The van der Waals surface area contributed by atoms with Crippen LogP contribution in [0.4, 0.5) is 8.78 Å². The lowest BCUT2D eigenvalue weighted by Gasteiger charge is -2.29. The largest absolute Gasteiger partial charge is 0.343 e. The molecule has 0 radical (unpaired) electrons. The van der Waals surface area contributed by atoms with Crippen molar-refractivity contribution >= 4 is 18.0 Å². The van der Waals surface area contributed by atoms with Gasteiger partial charge in [0, 0.05) is 6.42 Å². The van der Waals surface area contributed by atoms with E-state index in [0.29, 0.717) is 11.1 Å². The third-order valence-electron chi connectivity index (χ3n) is 6.59. The molecule has 5 atom stereocenters. The van der Waals surface area contributed by atoms with E-state index < -0.39 is 36.1 Å². The summed E-state index contributed by atoms with van der Waals surface area (Å²) in [4.78, 5) is 27.8. The van der Waals surface area contributed by atoms with Crippen LogP contribution < -0.4 is 5.32 Å². The second kappa shape index (κ2) is 10.4. The molecule has 0 aliphatic carbocycles. The number of halogens is 2. The Labute approximate surface area is 203 Å². The number of carbonyl (C=O) groups is 2. The highest BCUT2D eigenvalue weighted by molar-refractivity contribution is 5.91. The van der Waals surface area contributed by atoms with Gasteiger partial charge in [0.25, 0.3) is 0 Å². The van der Waals surface area contributed by atoms with E-state index in [0.717, 1.165) is 5.56 Å². The van der Waals surface area contributed by atoms with Gasteiger partial charge in [-0.1, -0.05) is 63.2 Å². The lowest BCUT2D eigenvalue weighted by atomic mass is 9.94. The van der Waals surface area contributed by atoms with Crippen LogP contribution in [0, 0.1) is 11.7 Å². The zero-order valence-electron chi connectivity index (χ0n) is 19.9. The van der Waals surface area contributed by atoms with Gasteiger partial charge in [0.15, 0.2) is 0 Å². The number of carbonyl (C=O) groups excluding carboxylic acids is 2. The number of nitrogens with zero attached hydrogens (tertiary/aromatic N) is 4. The maximum absolute atomic E-state index is 14.8. The topological polar surface area (TPSA) is 86.5 Å². The predicted octanol–water partition coefficient (Wildman–Crippen LogP) is 4.55. The van der Waals surface area contributed by atoms with Crippen LogP contribution in [0.3, 0.4) is 0 Å². The van der Waals surface area contributed by atoms with Gasteiger partial charge in [-0.05, 0) is 33.9 Å². The van der Waals surface area contributed by atoms with Crippen molar-refractivity contribution in [3.05, 3.63) is 71.0 Å². The van der Waals surface area contributed by atoms with Gasteiger partial charge in [-0.3, -0.25) is 9.59 Å². The third kappa shape index (κ3) is 5.28. The molecular formula is C26H29F2N5O2. The number of alkyl halides is 1. The van der Waals surface area contributed by atoms with Crippen LogP contribution in [-0.4, -0.2) is 47.7 Å². The van der Waals surface area contributed by atoms with Crippen LogP contribution in [0.15, 0.2) is 64.0 Å². The summed E-state index contributed by atoms with van der Waals surface area (Å²) in [5.74, 6) is -1.84. The van der Waals surface area contributed by atoms with Crippen molar-refractivity contribution in [3.8, 4) is 0 Å². The zero-order valence-corrected chi connectivity index (χ0v) is 19.9. The molecule has 2 aromatic carbocycles. The predicted molar refractivity (Wildman–Crippen MR) is 128 cm³/mol. The highest BCUT2D eigenvalue weighted by atomic mass is 19.1. The maximum Gasteiger partial charge on any atom is 0.243 e. The van der Waals surface area contributed by atoms with Crippen molar-refractivity contribution in [2.45, 2.75) is 57.4 Å². The van der Waals surface area contributed by atoms with Crippen molar-refractivity contribution < 1.29 is 18.4 Å². The van der Waals surface area contributed by atoms with Crippen LogP contribution in [0.1, 0.15) is 55.8 Å². The Morgan fingerprint density at radius 2 is 1.83 bits per heavy atom. The molecular weight excluding hydrogens is 452 g/mol. The number of nitrogens with one attached hydrogen (secondary N) is 1. The van der Waals surface area contributed by atoms with E-state index >= 15 is 0 Å². The molecule has 2 aromatic rings. The molecule has 0 saturated carbocycles. The van der Waals surface area contributed by atoms with Crippen molar-refractivity contribution in [2.75, 3.05) is 6.54 Å². The first kappa shape index (κ1) is 24.6. The molecule has 1 saturated heterocycles. The number of amides is 2. The molecule has 1 fully saturated rings. The third-order valence-corrected chi connectivity index (χ3v) is 6.59. The van der Waals surface area contributed by atoms with Crippen molar-refractivity contribution in [1.29, 1.82) is 0 Å². The number of rotatable bonds is 7. The van der Waals surface area contributed by atoms with E-state index in [-0.39, 0.29) is 30.6 Å². The van der Waals surface area contributed by atoms with Crippen LogP contribution >= 0.6 is 0 Å². The fraction of sp³-hybridized carbons (Fsp3) is 0.423. The molecule has 0 aromatic heterocycles. The number of hydrogen-bond acceptors (Lipinski definition) is 5. The molecule has 2 amide bonds. The average Bonchev–Trinajstić information content (AvgIpc) is 3.52. The number of benzene rings is 2. The van der Waals surface area contributed by atoms with Gasteiger partial charge in [0.05, 0.1) is 24.7 Å². The van der Waals surface area contributed by atoms with Crippen LogP contribution in [-0.2, 0) is 9.59 Å². The van der Waals surface area contributed by atoms with E-state index in [1.807, 2.05) is 44.2 Å². The van der Waals surface area contributed by atoms with E-state index in [2.05, 4.69) is 20.8 Å². The van der Waals surface area contributed by atoms with Crippen molar-refractivity contribution in [1.82, 2.24) is 10.2 Å². The molecule has 1 N–H and O–H groups in total. The molecule has 0 bridgehead atoms. The molecule has 2 aliphatic rings. The lowest BCUT2D eigenvalue weighted by Crippen LogP contribution is -2.49. The molecule has 9 heteroatoms. The SMILES string of the molecule is CC(C)c1ccc([C@@H](NC(=O)[C@@H]2C[C@@H](F)CN2C(=O)C(C)C2C=NN=N2)c2ccccc2)cc1F. The molecule has 4 rings (SSSR count). The first-order valence-corrected chi connectivity index (χ1v) is 11.8. The second-order valence-electron chi connectivity index (χ2n) is 9.38. The van der Waals surface area contributed by atoms with Gasteiger partial charge in [0.1, 0.15) is 24.1 Å². The minimum absolute atomic E-state index is 0.0137. The summed E-state index contributed by atoms with van der Waals surface area (Å²) in [7, 11) is 0. The Morgan fingerprint density at radius 1 is 1.09 bits per heavy atom. The van der Waals surface area contributed by atoms with Crippen molar-refractivity contribution in [2.24, 2.45) is 21.4 Å².